The second-order valence-electron chi connectivity index (χ2n) is 6.88. The molecule has 0 fully saturated rings. The van der Waals surface area contributed by atoms with Crippen LogP contribution in [0.5, 0.6) is 11.5 Å². The first kappa shape index (κ1) is 19.8. The van der Waals surface area contributed by atoms with Crippen LogP contribution in [0.15, 0.2) is 78.9 Å². The molecule has 0 amide bonds. The summed E-state index contributed by atoms with van der Waals surface area (Å²) in [5.41, 5.74) is 3.38. The Morgan fingerprint density at radius 2 is 1.39 bits per heavy atom. The molecule has 146 valence electrons. The van der Waals surface area contributed by atoms with Gasteiger partial charge in [0.05, 0.1) is 13.7 Å². The topological polar surface area (TPSA) is 24.9 Å². The van der Waals surface area contributed by atoms with Crippen LogP contribution in [-0.4, -0.2) is 39.3 Å². The van der Waals surface area contributed by atoms with Crippen LogP contribution < -0.4 is 14.4 Å². The molecular weight excluding hydrogens is 348 g/mol. The predicted octanol–water partition coefficient (Wildman–Crippen LogP) is 4.97. The summed E-state index contributed by atoms with van der Waals surface area (Å²) in [6.07, 6.45) is 0. The summed E-state index contributed by atoms with van der Waals surface area (Å²) in [6, 6.07) is 26.8. The van der Waals surface area contributed by atoms with Crippen LogP contribution in [0.4, 0.5) is 11.4 Å². The lowest BCUT2D eigenvalue weighted by molar-refractivity contribution is 0.261. The van der Waals surface area contributed by atoms with Gasteiger partial charge in [-0.2, -0.15) is 0 Å². The molecule has 3 aromatic carbocycles. The summed E-state index contributed by atoms with van der Waals surface area (Å²) in [4.78, 5) is 4.39. The van der Waals surface area contributed by atoms with Gasteiger partial charge in [0.1, 0.15) is 18.1 Å². The number of likely N-dealkylation sites (N-methyl/N-ethyl adjacent to an activating group) is 1. The largest absolute Gasteiger partial charge is 0.496 e. The number of anilines is 2. The average Bonchev–Trinajstić information content (AvgIpc) is 2.73. The first-order chi connectivity index (χ1) is 13.7. The maximum Gasteiger partial charge on any atom is 0.123 e. The number of methoxy groups -OCH3 is 1. The third kappa shape index (κ3) is 5.27. The van der Waals surface area contributed by atoms with E-state index in [1.54, 1.807) is 7.11 Å². The minimum absolute atomic E-state index is 0.677. The highest BCUT2D eigenvalue weighted by Crippen LogP contribution is 2.31. The number of nitrogens with zero attached hydrogens (tertiary/aromatic N) is 2. The maximum absolute atomic E-state index is 5.83. The summed E-state index contributed by atoms with van der Waals surface area (Å²) in [6.45, 7) is 2.29. The van der Waals surface area contributed by atoms with Gasteiger partial charge in [-0.1, -0.05) is 36.4 Å². The van der Waals surface area contributed by atoms with Crippen molar-refractivity contribution < 1.29 is 9.47 Å². The molecular formula is C24H28N2O2. The normalized spacial score (nSPS) is 10.7. The van der Waals surface area contributed by atoms with E-state index in [1.165, 1.54) is 0 Å². The lowest BCUT2D eigenvalue weighted by Gasteiger charge is -2.26. The van der Waals surface area contributed by atoms with E-state index in [0.717, 1.165) is 41.5 Å². The lowest BCUT2D eigenvalue weighted by atomic mass is 10.1. The van der Waals surface area contributed by atoms with Crippen LogP contribution in [-0.2, 0) is 6.54 Å². The van der Waals surface area contributed by atoms with Crippen molar-refractivity contribution >= 4 is 11.4 Å². The molecule has 0 saturated carbocycles. The van der Waals surface area contributed by atoms with Gasteiger partial charge >= 0.3 is 0 Å². The zero-order valence-electron chi connectivity index (χ0n) is 16.8. The molecule has 4 heteroatoms. The van der Waals surface area contributed by atoms with Crippen LogP contribution in [0.25, 0.3) is 0 Å². The molecule has 0 aliphatic heterocycles. The second-order valence-corrected chi connectivity index (χ2v) is 6.88. The highest BCUT2D eigenvalue weighted by molar-refractivity contribution is 5.64. The maximum atomic E-state index is 5.83. The number of rotatable bonds is 9. The van der Waals surface area contributed by atoms with Gasteiger partial charge in [0.2, 0.25) is 0 Å². The van der Waals surface area contributed by atoms with Gasteiger partial charge in [-0.05, 0) is 56.6 Å². The van der Waals surface area contributed by atoms with E-state index in [4.69, 9.17) is 9.47 Å². The van der Waals surface area contributed by atoms with Gasteiger partial charge in [0.25, 0.3) is 0 Å². The number of para-hydroxylation sites is 2. The molecule has 0 unspecified atom stereocenters. The van der Waals surface area contributed by atoms with E-state index in [2.05, 4.69) is 52.3 Å². The van der Waals surface area contributed by atoms with Gasteiger partial charge < -0.3 is 19.3 Å². The molecule has 0 saturated heterocycles. The summed E-state index contributed by atoms with van der Waals surface area (Å²) in [5, 5.41) is 0. The molecule has 0 radical (unpaired) electrons. The fourth-order valence-electron chi connectivity index (χ4n) is 3.01. The smallest absolute Gasteiger partial charge is 0.123 e. The Labute approximate surface area is 167 Å². The van der Waals surface area contributed by atoms with Gasteiger partial charge in [0.15, 0.2) is 0 Å². The molecule has 0 aliphatic carbocycles. The Morgan fingerprint density at radius 3 is 2.07 bits per heavy atom. The summed E-state index contributed by atoms with van der Waals surface area (Å²) < 4.78 is 11.4. The molecule has 0 heterocycles. The SMILES string of the molecule is COc1ccccc1CN(c1ccccc1)c1ccc(OCCN(C)C)cc1. The van der Waals surface area contributed by atoms with Gasteiger partial charge in [-0.15, -0.1) is 0 Å². The monoisotopic (exact) mass is 376 g/mol. The number of hydrogen-bond acceptors (Lipinski definition) is 4. The number of benzene rings is 3. The molecule has 0 atom stereocenters. The highest BCUT2D eigenvalue weighted by Gasteiger charge is 2.13. The summed E-state index contributed by atoms with van der Waals surface area (Å²) >= 11 is 0. The van der Waals surface area contributed by atoms with Crippen LogP contribution in [0, 0.1) is 0 Å². The van der Waals surface area contributed by atoms with Crippen LogP contribution in [0.1, 0.15) is 5.56 Å². The highest BCUT2D eigenvalue weighted by atomic mass is 16.5. The second kappa shape index (κ2) is 9.81. The number of hydrogen-bond donors (Lipinski definition) is 0. The first-order valence-electron chi connectivity index (χ1n) is 9.49. The van der Waals surface area contributed by atoms with Crippen LogP contribution in [0.3, 0.4) is 0 Å². The lowest BCUT2D eigenvalue weighted by Crippen LogP contribution is -2.19. The summed E-state index contributed by atoms with van der Waals surface area (Å²) in [5.74, 6) is 1.78. The van der Waals surface area contributed by atoms with Gasteiger partial charge in [-0.25, -0.2) is 0 Å². The Kier molecular flexibility index (Phi) is 6.93. The van der Waals surface area contributed by atoms with E-state index < -0.39 is 0 Å². The zero-order chi connectivity index (χ0) is 19.8. The molecule has 28 heavy (non-hydrogen) atoms. The third-order valence-electron chi connectivity index (χ3n) is 4.54. The van der Waals surface area contributed by atoms with Crippen molar-refractivity contribution in [1.29, 1.82) is 0 Å². The van der Waals surface area contributed by atoms with Crippen molar-refractivity contribution in [3.8, 4) is 11.5 Å². The fraction of sp³-hybridized carbons (Fsp3) is 0.250. The van der Waals surface area contributed by atoms with Crippen molar-refractivity contribution in [2.24, 2.45) is 0 Å². The van der Waals surface area contributed by atoms with Crippen molar-refractivity contribution in [2.75, 3.05) is 39.3 Å². The van der Waals surface area contributed by atoms with E-state index >= 15 is 0 Å². The average molecular weight is 377 g/mol. The molecule has 0 bridgehead atoms. The molecule has 3 aromatic rings. The van der Waals surface area contributed by atoms with E-state index in [0.29, 0.717) is 6.61 Å². The first-order valence-corrected chi connectivity index (χ1v) is 9.49. The van der Waals surface area contributed by atoms with Crippen molar-refractivity contribution in [1.82, 2.24) is 4.90 Å². The minimum atomic E-state index is 0.677. The zero-order valence-corrected chi connectivity index (χ0v) is 16.8. The number of ether oxygens (including phenoxy) is 2. The standard InChI is InChI=1S/C24H28N2O2/c1-25(2)17-18-28-23-15-13-22(14-16-23)26(21-10-5-4-6-11-21)19-20-9-7-8-12-24(20)27-3/h4-16H,17-19H2,1-3H3. The minimum Gasteiger partial charge on any atom is -0.496 e. The summed E-state index contributed by atoms with van der Waals surface area (Å²) in [7, 11) is 5.80. The van der Waals surface area contributed by atoms with Gasteiger partial charge in [0, 0.05) is 23.5 Å². The van der Waals surface area contributed by atoms with Crippen molar-refractivity contribution in [2.45, 2.75) is 6.54 Å². The quantitative estimate of drug-likeness (QED) is 0.526. The van der Waals surface area contributed by atoms with Crippen molar-refractivity contribution in [3.63, 3.8) is 0 Å². The fourth-order valence-corrected chi connectivity index (χ4v) is 3.01. The Balaban J connectivity index is 1.83. The predicted molar refractivity (Wildman–Crippen MR) is 116 cm³/mol. The Morgan fingerprint density at radius 1 is 0.750 bits per heavy atom. The molecule has 0 spiro atoms. The van der Waals surface area contributed by atoms with E-state index in [1.807, 2.05) is 50.5 Å². The van der Waals surface area contributed by atoms with Crippen LogP contribution in [0.2, 0.25) is 0 Å². The molecule has 0 aliphatic rings. The van der Waals surface area contributed by atoms with Gasteiger partial charge in [-0.3, -0.25) is 0 Å². The molecule has 0 aromatic heterocycles. The third-order valence-corrected chi connectivity index (χ3v) is 4.54. The molecule has 3 rings (SSSR count). The molecule has 0 N–H and O–H groups in total. The van der Waals surface area contributed by atoms with Crippen LogP contribution >= 0.6 is 0 Å². The Bertz CT molecular complexity index is 848. The van der Waals surface area contributed by atoms with E-state index in [-0.39, 0.29) is 0 Å². The van der Waals surface area contributed by atoms with E-state index in [9.17, 15) is 0 Å². The molecule has 4 nitrogen and oxygen atoms in total. The Hall–Kier alpha value is -2.98. The van der Waals surface area contributed by atoms with Crippen molar-refractivity contribution in [3.05, 3.63) is 84.4 Å².